The Labute approximate surface area is 139 Å². The van der Waals surface area contributed by atoms with Gasteiger partial charge in [-0.05, 0) is 36.2 Å². The largest absolute Gasteiger partial charge is 0.416 e. The van der Waals surface area contributed by atoms with Crippen molar-refractivity contribution in [1.82, 2.24) is 0 Å². The van der Waals surface area contributed by atoms with Crippen molar-refractivity contribution in [3.8, 4) is 0 Å². The highest BCUT2D eigenvalue weighted by Gasteiger charge is 2.30. The number of hydrogen-bond acceptors (Lipinski definition) is 2. The van der Waals surface area contributed by atoms with E-state index in [1.54, 1.807) is 12.3 Å². The molecular formula is C17H12BrF3N2. The van der Waals surface area contributed by atoms with Gasteiger partial charge in [-0.25, -0.2) is 4.99 Å². The molecule has 23 heavy (non-hydrogen) atoms. The summed E-state index contributed by atoms with van der Waals surface area (Å²) in [6.45, 7) is 0. The van der Waals surface area contributed by atoms with Crippen LogP contribution in [0.15, 0.2) is 63.0 Å². The van der Waals surface area contributed by atoms with E-state index in [1.807, 2.05) is 24.3 Å². The number of hydrogen-bond donors (Lipinski definition) is 0. The van der Waals surface area contributed by atoms with Gasteiger partial charge in [0, 0.05) is 16.3 Å². The van der Waals surface area contributed by atoms with E-state index in [2.05, 4.69) is 25.9 Å². The van der Waals surface area contributed by atoms with Crippen LogP contribution in [0.3, 0.4) is 0 Å². The summed E-state index contributed by atoms with van der Waals surface area (Å²) in [5.41, 5.74) is 0.789. The Balaban J connectivity index is 1.78. The summed E-state index contributed by atoms with van der Waals surface area (Å²) in [4.78, 5) is 8.59. The van der Waals surface area contributed by atoms with Crippen molar-refractivity contribution in [2.45, 2.75) is 18.6 Å². The second-order valence-corrected chi connectivity index (χ2v) is 6.12. The minimum Gasteiger partial charge on any atom is -0.257 e. The maximum absolute atomic E-state index is 12.8. The average molecular weight is 381 g/mol. The molecule has 1 unspecified atom stereocenters. The quantitative estimate of drug-likeness (QED) is 0.722. The number of amidine groups is 1. The minimum absolute atomic E-state index is 0.152. The Morgan fingerprint density at radius 2 is 1.78 bits per heavy atom. The molecule has 0 saturated carbocycles. The van der Waals surface area contributed by atoms with Gasteiger partial charge >= 0.3 is 6.18 Å². The first-order valence-corrected chi connectivity index (χ1v) is 7.75. The molecule has 0 saturated heterocycles. The van der Waals surface area contributed by atoms with Crippen LogP contribution in [-0.4, -0.2) is 18.1 Å². The first-order valence-electron chi connectivity index (χ1n) is 6.96. The number of benzene rings is 2. The molecular weight excluding hydrogens is 369 g/mol. The molecule has 2 nitrogen and oxygen atoms in total. The standard InChI is InChI=1S/C17H12BrF3N2/c18-14-6-4-11(5-7-14)8-15-10-22-16(23-15)12-2-1-3-13(9-12)17(19,20)21/h1-7,9-10,15H,8H2. The monoisotopic (exact) mass is 380 g/mol. The van der Waals surface area contributed by atoms with Crippen LogP contribution in [0.4, 0.5) is 13.2 Å². The van der Waals surface area contributed by atoms with E-state index in [4.69, 9.17) is 0 Å². The molecule has 0 N–H and O–H groups in total. The van der Waals surface area contributed by atoms with Gasteiger partial charge in [-0.15, -0.1) is 0 Å². The zero-order chi connectivity index (χ0) is 16.4. The lowest BCUT2D eigenvalue weighted by Crippen LogP contribution is -2.08. The second kappa shape index (κ2) is 6.28. The third-order valence-electron chi connectivity index (χ3n) is 3.46. The van der Waals surface area contributed by atoms with E-state index < -0.39 is 11.7 Å². The highest BCUT2D eigenvalue weighted by atomic mass is 79.9. The molecule has 1 heterocycles. The maximum Gasteiger partial charge on any atom is 0.416 e. The molecule has 0 spiro atoms. The van der Waals surface area contributed by atoms with Crippen LogP contribution in [-0.2, 0) is 12.6 Å². The van der Waals surface area contributed by atoms with Gasteiger partial charge in [0.15, 0.2) is 5.84 Å². The van der Waals surface area contributed by atoms with Gasteiger partial charge in [0.2, 0.25) is 0 Å². The number of alkyl halides is 3. The zero-order valence-electron chi connectivity index (χ0n) is 11.9. The average Bonchev–Trinajstić information content (AvgIpc) is 2.97. The molecule has 0 bridgehead atoms. The fourth-order valence-electron chi connectivity index (χ4n) is 2.32. The highest BCUT2D eigenvalue weighted by molar-refractivity contribution is 9.10. The smallest absolute Gasteiger partial charge is 0.257 e. The normalized spacial score (nSPS) is 17.4. The third kappa shape index (κ3) is 3.88. The Bertz CT molecular complexity index is 764. The van der Waals surface area contributed by atoms with Crippen LogP contribution >= 0.6 is 15.9 Å². The Morgan fingerprint density at radius 3 is 2.48 bits per heavy atom. The van der Waals surface area contributed by atoms with E-state index in [-0.39, 0.29) is 6.04 Å². The van der Waals surface area contributed by atoms with E-state index in [0.29, 0.717) is 17.8 Å². The molecule has 6 heteroatoms. The first kappa shape index (κ1) is 15.9. The number of aliphatic imine (C=N–C) groups is 2. The van der Waals surface area contributed by atoms with Crippen molar-refractivity contribution < 1.29 is 13.2 Å². The number of nitrogens with zero attached hydrogens (tertiary/aromatic N) is 2. The van der Waals surface area contributed by atoms with E-state index >= 15 is 0 Å². The molecule has 0 aliphatic carbocycles. The Hall–Kier alpha value is -1.95. The summed E-state index contributed by atoms with van der Waals surface area (Å²) in [7, 11) is 0. The summed E-state index contributed by atoms with van der Waals surface area (Å²) >= 11 is 3.38. The van der Waals surface area contributed by atoms with Crippen LogP contribution < -0.4 is 0 Å². The zero-order valence-corrected chi connectivity index (χ0v) is 13.5. The van der Waals surface area contributed by atoms with Gasteiger partial charge < -0.3 is 0 Å². The summed E-state index contributed by atoms with van der Waals surface area (Å²) in [6, 6.07) is 12.8. The molecule has 0 aromatic heterocycles. The summed E-state index contributed by atoms with van der Waals surface area (Å²) < 4.78 is 39.3. The number of rotatable bonds is 3. The Kier molecular flexibility index (Phi) is 4.35. The van der Waals surface area contributed by atoms with Crippen molar-refractivity contribution >= 4 is 28.0 Å². The van der Waals surface area contributed by atoms with Crippen LogP contribution in [0.5, 0.6) is 0 Å². The Morgan fingerprint density at radius 1 is 1.04 bits per heavy atom. The molecule has 0 amide bonds. The molecule has 2 aromatic carbocycles. The second-order valence-electron chi connectivity index (χ2n) is 5.21. The molecule has 0 fully saturated rings. The summed E-state index contributed by atoms with van der Waals surface area (Å²) in [5, 5.41) is 0. The molecule has 2 aromatic rings. The number of halogens is 4. The highest BCUT2D eigenvalue weighted by Crippen LogP contribution is 2.30. The van der Waals surface area contributed by atoms with Crippen LogP contribution in [0, 0.1) is 0 Å². The van der Waals surface area contributed by atoms with Crippen molar-refractivity contribution in [3.05, 3.63) is 69.7 Å². The van der Waals surface area contributed by atoms with Crippen LogP contribution in [0.2, 0.25) is 0 Å². The fraction of sp³-hybridized carbons (Fsp3) is 0.176. The molecule has 1 atom stereocenters. The predicted octanol–water partition coefficient (Wildman–Crippen LogP) is 4.91. The van der Waals surface area contributed by atoms with Gasteiger partial charge in [0.1, 0.15) is 0 Å². The lowest BCUT2D eigenvalue weighted by atomic mass is 10.1. The lowest BCUT2D eigenvalue weighted by molar-refractivity contribution is -0.137. The molecule has 1 aliphatic rings. The van der Waals surface area contributed by atoms with Crippen molar-refractivity contribution in [3.63, 3.8) is 0 Å². The van der Waals surface area contributed by atoms with Gasteiger partial charge in [0.25, 0.3) is 0 Å². The van der Waals surface area contributed by atoms with Gasteiger partial charge in [-0.1, -0.05) is 40.2 Å². The van der Waals surface area contributed by atoms with Crippen molar-refractivity contribution in [2.24, 2.45) is 9.98 Å². The third-order valence-corrected chi connectivity index (χ3v) is 3.99. The molecule has 1 aliphatic heterocycles. The van der Waals surface area contributed by atoms with Crippen molar-refractivity contribution in [2.75, 3.05) is 0 Å². The molecule has 3 rings (SSSR count). The van der Waals surface area contributed by atoms with Gasteiger partial charge in [-0.3, -0.25) is 4.99 Å². The fourth-order valence-corrected chi connectivity index (χ4v) is 2.59. The lowest BCUT2D eigenvalue weighted by Gasteiger charge is -2.08. The van der Waals surface area contributed by atoms with Crippen LogP contribution in [0.1, 0.15) is 16.7 Å². The molecule has 118 valence electrons. The first-order chi connectivity index (χ1) is 10.9. The van der Waals surface area contributed by atoms with E-state index in [9.17, 15) is 13.2 Å². The minimum atomic E-state index is -4.37. The van der Waals surface area contributed by atoms with E-state index in [0.717, 1.165) is 22.2 Å². The van der Waals surface area contributed by atoms with Crippen LogP contribution in [0.25, 0.3) is 0 Å². The SMILES string of the molecule is FC(F)(F)c1cccc(C2=NC(Cc3ccc(Br)cc3)C=N2)c1. The van der Waals surface area contributed by atoms with Crippen molar-refractivity contribution in [1.29, 1.82) is 0 Å². The topological polar surface area (TPSA) is 24.7 Å². The van der Waals surface area contributed by atoms with Gasteiger partial charge in [-0.2, -0.15) is 13.2 Å². The predicted molar refractivity (Wildman–Crippen MR) is 88.1 cm³/mol. The summed E-state index contributed by atoms with van der Waals surface area (Å²) in [5.74, 6) is 0.346. The summed E-state index contributed by atoms with van der Waals surface area (Å²) in [6.07, 6.45) is -2.02. The maximum atomic E-state index is 12.8. The van der Waals surface area contributed by atoms with Gasteiger partial charge in [0.05, 0.1) is 11.6 Å². The van der Waals surface area contributed by atoms with E-state index in [1.165, 1.54) is 6.07 Å². The molecule has 0 radical (unpaired) electrons.